The van der Waals surface area contributed by atoms with Gasteiger partial charge in [0, 0.05) is 0 Å². The van der Waals surface area contributed by atoms with Crippen molar-refractivity contribution in [3.05, 3.63) is 88.2 Å². The number of carbonyl (C=O) groups is 1. The van der Waals surface area contributed by atoms with E-state index in [0.717, 1.165) is 17.3 Å². The fourth-order valence-corrected chi connectivity index (χ4v) is 4.26. The summed E-state index contributed by atoms with van der Waals surface area (Å²) in [5.74, 6) is 0.0315. The normalized spacial score (nSPS) is 11.1. The maximum atomic E-state index is 13.3. The molecule has 0 aliphatic heterocycles. The van der Waals surface area contributed by atoms with Crippen molar-refractivity contribution in [3.63, 3.8) is 0 Å². The lowest BCUT2D eigenvalue weighted by molar-refractivity contribution is -0.118. The number of hydrogen-bond acceptors (Lipinski definition) is 7. The number of carbonyl (C=O) groups excluding carboxylic acids is 1. The topological polar surface area (TPSA) is 106 Å². The summed E-state index contributed by atoms with van der Waals surface area (Å²) in [4.78, 5) is 30.5. The van der Waals surface area contributed by atoms with E-state index in [-0.39, 0.29) is 23.0 Å². The molecule has 8 nitrogen and oxygen atoms in total. The molecule has 1 amide bonds. The van der Waals surface area contributed by atoms with Crippen LogP contribution in [0.4, 0.5) is 0 Å². The highest BCUT2D eigenvalue weighted by molar-refractivity contribution is 7.99. The summed E-state index contributed by atoms with van der Waals surface area (Å²) in [6, 6.07) is 19.5. The molecule has 0 aliphatic carbocycles. The van der Waals surface area contributed by atoms with Crippen molar-refractivity contribution in [2.45, 2.75) is 19.0 Å². The zero-order chi connectivity index (χ0) is 24.8. The summed E-state index contributed by atoms with van der Waals surface area (Å²) in [7, 11) is 0. The van der Waals surface area contributed by atoms with E-state index >= 15 is 0 Å². The first-order valence-corrected chi connectivity index (χ1v) is 11.9. The van der Waals surface area contributed by atoms with Gasteiger partial charge in [0.15, 0.2) is 16.7 Å². The van der Waals surface area contributed by atoms with E-state index in [9.17, 15) is 14.7 Å². The number of rotatable bonds is 8. The first-order valence-electron chi connectivity index (χ1n) is 11.0. The second-order valence-corrected chi connectivity index (χ2v) is 8.52. The molecule has 0 radical (unpaired) electrons. The molecule has 1 heterocycles. The number of hydrogen-bond donors (Lipinski definition) is 2. The van der Waals surface area contributed by atoms with E-state index < -0.39 is 0 Å². The quantitative estimate of drug-likeness (QED) is 0.168. The molecule has 178 valence electrons. The fraction of sp³-hybridized carbons (Fsp3) is 0.154. The Kier molecular flexibility index (Phi) is 7.47. The van der Waals surface area contributed by atoms with Gasteiger partial charge in [0.1, 0.15) is 0 Å². The number of thioether (sulfide) groups is 1. The van der Waals surface area contributed by atoms with Crippen LogP contribution in [-0.2, 0) is 4.79 Å². The molecule has 4 aromatic rings. The summed E-state index contributed by atoms with van der Waals surface area (Å²) < 4.78 is 6.90. The molecular formula is C26H24N4O4S. The molecule has 0 saturated heterocycles. The number of phenolic OH excluding ortho intramolecular Hbond substituents is 1. The summed E-state index contributed by atoms with van der Waals surface area (Å²) >= 11 is 1.16. The molecule has 0 fully saturated rings. The second-order valence-electron chi connectivity index (χ2n) is 7.58. The monoisotopic (exact) mass is 488 g/mol. The fourth-order valence-electron chi connectivity index (χ4n) is 3.46. The number of nitrogens with one attached hydrogen (secondary N) is 1. The van der Waals surface area contributed by atoms with Gasteiger partial charge in [0.25, 0.3) is 11.5 Å². The van der Waals surface area contributed by atoms with Gasteiger partial charge in [-0.1, -0.05) is 42.1 Å². The van der Waals surface area contributed by atoms with E-state index in [2.05, 4.69) is 15.5 Å². The van der Waals surface area contributed by atoms with Gasteiger partial charge in [0.05, 0.1) is 35.2 Å². The Bertz CT molecular complexity index is 1470. The average molecular weight is 489 g/mol. The SMILES string of the molecule is CCOc1cc(/C=N/NC(=O)CSc2nc3ccccc3c(=O)n2-c2ccccc2C)ccc1O. The smallest absolute Gasteiger partial charge is 0.266 e. The summed E-state index contributed by atoms with van der Waals surface area (Å²) in [6.45, 7) is 4.16. The molecule has 9 heteroatoms. The van der Waals surface area contributed by atoms with Gasteiger partial charge < -0.3 is 9.84 Å². The molecule has 0 atom stereocenters. The number of aromatic nitrogens is 2. The van der Waals surface area contributed by atoms with Crippen LogP contribution >= 0.6 is 11.8 Å². The Labute approximate surface area is 206 Å². The van der Waals surface area contributed by atoms with Gasteiger partial charge in [-0.05, 0) is 61.4 Å². The third-order valence-electron chi connectivity index (χ3n) is 5.12. The number of aromatic hydroxyl groups is 1. The van der Waals surface area contributed by atoms with Crippen LogP contribution in [0.15, 0.2) is 81.8 Å². The van der Waals surface area contributed by atoms with E-state index in [1.54, 1.807) is 34.9 Å². The summed E-state index contributed by atoms with van der Waals surface area (Å²) in [6.07, 6.45) is 1.46. The van der Waals surface area contributed by atoms with Crippen molar-refractivity contribution < 1.29 is 14.6 Å². The van der Waals surface area contributed by atoms with Crippen LogP contribution in [0.3, 0.4) is 0 Å². The van der Waals surface area contributed by atoms with Crippen LogP contribution in [0.5, 0.6) is 11.5 Å². The average Bonchev–Trinajstić information content (AvgIpc) is 2.86. The molecule has 0 spiro atoms. The van der Waals surface area contributed by atoms with E-state index in [4.69, 9.17) is 4.74 Å². The van der Waals surface area contributed by atoms with Crippen molar-refractivity contribution >= 4 is 34.8 Å². The van der Waals surface area contributed by atoms with E-state index in [1.807, 2.05) is 44.2 Å². The van der Waals surface area contributed by atoms with Gasteiger partial charge >= 0.3 is 0 Å². The Hall–Kier alpha value is -4.11. The van der Waals surface area contributed by atoms with E-state index in [0.29, 0.717) is 39.7 Å². The zero-order valence-electron chi connectivity index (χ0n) is 19.3. The maximum Gasteiger partial charge on any atom is 0.266 e. The largest absolute Gasteiger partial charge is 0.504 e. The van der Waals surface area contributed by atoms with Crippen molar-refractivity contribution in [3.8, 4) is 17.2 Å². The number of fused-ring (bicyclic) bond motifs is 1. The van der Waals surface area contributed by atoms with Crippen LogP contribution in [-0.4, -0.2) is 39.1 Å². The molecule has 3 aromatic carbocycles. The molecule has 0 bridgehead atoms. The lowest BCUT2D eigenvalue weighted by atomic mass is 10.2. The van der Waals surface area contributed by atoms with Crippen molar-refractivity contribution in [1.82, 2.24) is 15.0 Å². The van der Waals surface area contributed by atoms with Crippen LogP contribution < -0.4 is 15.7 Å². The number of aryl methyl sites for hydroxylation is 1. The predicted octanol–water partition coefficient (Wildman–Crippen LogP) is 4.04. The predicted molar refractivity (Wildman–Crippen MR) is 138 cm³/mol. The van der Waals surface area contributed by atoms with Gasteiger partial charge in [-0.15, -0.1) is 0 Å². The van der Waals surface area contributed by atoms with Gasteiger partial charge in [-0.2, -0.15) is 5.10 Å². The van der Waals surface area contributed by atoms with Crippen LogP contribution in [0.1, 0.15) is 18.1 Å². The van der Waals surface area contributed by atoms with Crippen LogP contribution in [0.25, 0.3) is 16.6 Å². The molecule has 4 rings (SSSR count). The lowest BCUT2D eigenvalue weighted by Gasteiger charge is -2.14. The zero-order valence-corrected chi connectivity index (χ0v) is 20.1. The number of phenols is 1. The minimum absolute atomic E-state index is 0.00771. The summed E-state index contributed by atoms with van der Waals surface area (Å²) in [5, 5.41) is 14.7. The number of nitrogens with zero attached hydrogens (tertiary/aromatic N) is 3. The minimum Gasteiger partial charge on any atom is -0.504 e. The van der Waals surface area contributed by atoms with Gasteiger partial charge in [-0.3, -0.25) is 14.2 Å². The Morgan fingerprint density at radius 2 is 1.94 bits per heavy atom. The van der Waals surface area contributed by atoms with Crippen molar-refractivity contribution in [2.24, 2.45) is 5.10 Å². The van der Waals surface area contributed by atoms with Crippen molar-refractivity contribution in [1.29, 1.82) is 0 Å². The Morgan fingerprint density at radius 3 is 2.74 bits per heavy atom. The highest BCUT2D eigenvalue weighted by atomic mass is 32.2. The number of hydrazone groups is 1. The molecule has 2 N–H and O–H groups in total. The first kappa shape index (κ1) is 24.0. The van der Waals surface area contributed by atoms with Gasteiger partial charge in [-0.25, -0.2) is 10.4 Å². The Balaban J connectivity index is 1.53. The van der Waals surface area contributed by atoms with Crippen molar-refractivity contribution in [2.75, 3.05) is 12.4 Å². The third kappa shape index (κ3) is 5.52. The third-order valence-corrected chi connectivity index (χ3v) is 6.06. The number of para-hydroxylation sites is 2. The van der Waals surface area contributed by atoms with Crippen LogP contribution in [0.2, 0.25) is 0 Å². The molecular weight excluding hydrogens is 464 g/mol. The summed E-state index contributed by atoms with van der Waals surface area (Å²) in [5.41, 5.74) is 5.15. The van der Waals surface area contributed by atoms with Crippen LogP contribution in [0, 0.1) is 6.92 Å². The number of amides is 1. The standard InChI is InChI=1S/C26H24N4O4S/c1-3-34-23-14-18(12-13-22(23)31)15-27-29-24(32)16-35-26-28-20-10-6-5-9-19(20)25(33)30(26)21-11-7-4-8-17(21)2/h4-15,31H,3,16H2,1-2H3,(H,29,32)/b27-15+. The molecule has 0 unspecified atom stereocenters. The second kappa shape index (κ2) is 10.9. The highest BCUT2D eigenvalue weighted by Crippen LogP contribution is 2.26. The first-order chi connectivity index (χ1) is 17.0. The highest BCUT2D eigenvalue weighted by Gasteiger charge is 2.15. The molecule has 35 heavy (non-hydrogen) atoms. The Morgan fingerprint density at radius 1 is 1.17 bits per heavy atom. The van der Waals surface area contributed by atoms with Gasteiger partial charge in [0.2, 0.25) is 0 Å². The minimum atomic E-state index is -0.353. The number of ether oxygens (including phenoxy) is 1. The molecule has 0 saturated carbocycles. The maximum absolute atomic E-state index is 13.3. The lowest BCUT2D eigenvalue weighted by Crippen LogP contribution is -2.24. The van der Waals surface area contributed by atoms with E-state index in [1.165, 1.54) is 12.3 Å². The molecule has 1 aromatic heterocycles. The molecule has 0 aliphatic rings. The number of benzene rings is 3.